The molecule has 0 saturated heterocycles. The van der Waals surface area contributed by atoms with Crippen molar-refractivity contribution in [3.05, 3.63) is 41.7 Å². The maximum absolute atomic E-state index is 4.29. The minimum absolute atomic E-state index is 0.0320. The smallest absolute Gasteiger partial charge is 0.167 e. The van der Waals surface area contributed by atoms with Gasteiger partial charge in [0.2, 0.25) is 0 Å². The van der Waals surface area contributed by atoms with Crippen molar-refractivity contribution in [2.24, 2.45) is 7.05 Å². The van der Waals surface area contributed by atoms with Gasteiger partial charge >= 0.3 is 0 Å². The van der Waals surface area contributed by atoms with E-state index >= 15 is 0 Å². The Morgan fingerprint density at radius 1 is 1.28 bits per heavy atom. The highest BCUT2D eigenvalue weighted by Gasteiger charge is 2.31. The van der Waals surface area contributed by atoms with Crippen LogP contribution in [0.4, 0.5) is 0 Å². The zero-order valence-corrected chi connectivity index (χ0v) is 12.3. The van der Waals surface area contributed by atoms with Crippen LogP contribution in [0.15, 0.2) is 30.3 Å². The lowest BCUT2D eigenvalue weighted by Gasteiger charge is -2.30. The van der Waals surface area contributed by atoms with Gasteiger partial charge in [-0.15, -0.1) is 10.2 Å². The summed E-state index contributed by atoms with van der Waals surface area (Å²) in [5.41, 5.74) is 1.35. The average molecular weight is 309 g/mol. The standard InChI is InChI=1S/C13H17BrN4/c1-3-13(10-14,11-7-5-4-6-8-11)9-12-15-17-18(2)16-12/h4-8H,3,9-10H2,1-2H3. The number of hydrogen-bond acceptors (Lipinski definition) is 3. The highest BCUT2D eigenvalue weighted by molar-refractivity contribution is 9.09. The molecule has 1 aromatic carbocycles. The van der Waals surface area contributed by atoms with Crippen molar-refractivity contribution in [1.82, 2.24) is 20.2 Å². The molecular weight excluding hydrogens is 292 g/mol. The van der Waals surface area contributed by atoms with Crippen molar-refractivity contribution in [3.63, 3.8) is 0 Å². The minimum atomic E-state index is 0.0320. The molecule has 0 aliphatic rings. The number of tetrazole rings is 1. The van der Waals surface area contributed by atoms with Crippen LogP contribution >= 0.6 is 15.9 Å². The summed E-state index contributed by atoms with van der Waals surface area (Å²) in [6.07, 6.45) is 1.83. The lowest BCUT2D eigenvalue weighted by Crippen LogP contribution is -2.30. The number of benzene rings is 1. The Labute approximate surface area is 116 Å². The Hall–Kier alpha value is -1.23. The van der Waals surface area contributed by atoms with Crippen molar-refractivity contribution in [3.8, 4) is 0 Å². The summed E-state index contributed by atoms with van der Waals surface area (Å²) in [5.74, 6) is 0.794. The summed E-state index contributed by atoms with van der Waals surface area (Å²) in [5, 5.41) is 13.2. The Morgan fingerprint density at radius 3 is 2.50 bits per heavy atom. The van der Waals surface area contributed by atoms with Crippen LogP contribution in [0.3, 0.4) is 0 Å². The lowest BCUT2D eigenvalue weighted by atomic mass is 9.77. The zero-order valence-electron chi connectivity index (χ0n) is 10.7. The van der Waals surface area contributed by atoms with Crippen molar-refractivity contribution >= 4 is 15.9 Å². The van der Waals surface area contributed by atoms with Crippen LogP contribution in [-0.4, -0.2) is 25.5 Å². The second-order valence-corrected chi connectivity index (χ2v) is 5.07. The van der Waals surface area contributed by atoms with E-state index in [4.69, 9.17) is 0 Å². The third-order valence-electron chi connectivity index (χ3n) is 3.36. The highest BCUT2D eigenvalue weighted by atomic mass is 79.9. The Bertz CT molecular complexity index is 491. The van der Waals surface area contributed by atoms with E-state index in [1.807, 2.05) is 6.07 Å². The van der Waals surface area contributed by atoms with Crippen LogP contribution in [0, 0.1) is 0 Å². The molecule has 0 aliphatic carbocycles. The van der Waals surface area contributed by atoms with Gasteiger partial charge in [-0.3, -0.25) is 0 Å². The van der Waals surface area contributed by atoms with Crippen LogP contribution in [0.25, 0.3) is 0 Å². The molecule has 0 radical (unpaired) electrons. The molecule has 0 N–H and O–H groups in total. The van der Waals surface area contributed by atoms with Gasteiger partial charge in [0.1, 0.15) is 0 Å². The number of halogens is 1. The summed E-state index contributed by atoms with van der Waals surface area (Å²) in [6, 6.07) is 10.5. The molecule has 2 aromatic rings. The Morgan fingerprint density at radius 2 is 2.00 bits per heavy atom. The van der Waals surface area contributed by atoms with Gasteiger partial charge < -0.3 is 0 Å². The molecule has 96 valence electrons. The van der Waals surface area contributed by atoms with Crippen molar-refractivity contribution < 1.29 is 0 Å². The second-order valence-electron chi connectivity index (χ2n) is 4.51. The van der Waals surface area contributed by atoms with Gasteiger partial charge in [-0.1, -0.05) is 53.2 Å². The summed E-state index contributed by atoms with van der Waals surface area (Å²) in [7, 11) is 1.79. The molecule has 5 heteroatoms. The molecule has 0 saturated carbocycles. The number of rotatable bonds is 5. The van der Waals surface area contributed by atoms with Gasteiger partial charge in [0.15, 0.2) is 5.82 Å². The predicted molar refractivity (Wildman–Crippen MR) is 74.7 cm³/mol. The van der Waals surface area contributed by atoms with Crippen LogP contribution in [-0.2, 0) is 18.9 Å². The van der Waals surface area contributed by atoms with E-state index in [9.17, 15) is 0 Å². The first kappa shape index (κ1) is 13.2. The fourth-order valence-electron chi connectivity index (χ4n) is 2.14. The largest absolute Gasteiger partial charge is 0.175 e. The van der Waals surface area contributed by atoms with E-state index in [0.29, 0.717) is 0 Å². The fourth-order valence-corrected chi connectivity index (χ4v) is 3.06. The summed E-state index contributed by atoms with van der Waals surface area (Å²) in [6.45, 7) is 2.20. The van der Waals surface area contributed by atoms with E-state index in [1.165, 1.54) is 10.4 Å². The molecule has 1 atom stereocenters. The summed E-state index contributed by atoms with van der Waals surface area (Å²) < 4.78 is 0. The molecule has 1 heterocycles. The first-order chi connectivity index (χ1) is 8.70. The zero-order chi connectivity index (χ0) is 13.0. The van der Waals surface area contributed by atoms with Gasteiger partial charge in [-0.05, 0) is 17.2 Å². The fraction of sp³-hybridized carbons (Fsp3) is 0.462. The van der Waals surface area contributed by atoms with Gasteiger partial charge in [0.05, 0.1) is 7.05 Å². The van der Waals surface area contributed by atoms with Gasteiger partial charge in [-0.25, -0.2) is 0 Å². The summed E-state index contributed by atoms with van der Waals surface area (Å²) in [4.78, 5) is 1.51. The van der Waals surface area contributed by atoms with Crippen LogP contribution in [0.2, 0.25) is 0 Å². The van der Waals surface area contributed by atoms with Crippen molar-refractivity contribution in [2.45, 2.75) is 25.2 Å². The third kappa shape index (κ3) is 2.61. The molecule has 2 rings (SSSR count). The molecule has 0 amide bonds. The molecular formula is C13H17BrN4. The molecule has 1 aromatic heterocycles. The number of alkyl halides is 1. The quantitative estimate of drug-likeness (QED) is 0.797. The average Bonchev–Trinajstić information content (AvgIpc) is 2.82. The maximum Gasteiger partial charge on any atom is 0.175 e. The highest BCUT2D eigenvalue weighted by Crippen LogP contribution is 2.32. The Kier molecular flexibility index (Phi) is 4.11. The molecule has 18 heavy (non-hydrogen) atoms. The molecule has 4 nitrogen and oxygen atoms in total. The summed E-state index contributed by atoms with van der Waals surface area (Å²) >= 11 is 3.65. The number of aromatic nitrogens is 4. The normalized spacial score (nSPS) is 14.4. The molecule has 0 bridgehead atoms. The van der Waals surface area contributed by atoms with E-state index in [2.05, 4.69) is 62.5 Å². The topological polar surface area (TPSA) is 43.6 Å². The van der Waals surface area contributed by atoms with Crippen LogP contribution in [0.5, 0.6) is 0 Å². The Balaban J connectivity index is 2.32. The number of aryl methyl sites for hydroxylation is 1. The maximum atomic E-state index is 4.29. The van der Waals surface area contributed by atoms with Gasteiger partial charge in [0, 0.05) is 17.2 Å². The number of nitrogens with zero attached hydrogens (tertiary/aromatic N) is 4. The SMILES string of the molecule is CCC(CBr)(Cc1nnn(C)n1)c1ccccc1. The lowest BCUT2D eigenvalue weighted by molar-refractivity contribution is 0.451. The van der Waals surface area contributed by atoms with Crippen LogP contribution < -0.4 is 0 Å². The molecule has 0 fully saturated rings. The second kappa shape index (κ2) is 5.61. The molecule has 0 spiro atoms. The van der Waals surface area contributed by atoms with E-state index in [-0.39, 0.29) is 5.41 Å². The van der Waals surface area contributed by atoms with Gasteiger partial charge in [-0.2, -0.15) is 4.80 Å². The molecule has 1 unspecified atom stereocenters. The van der Waals surface area contributed by atoms with Gasteiger partial charge in [0.25, 0.3) is 0 Å². The monoisotopic (exact) mass is 308 g/mol. The van der Waals surface area contributed by atoms with E-state index in [1.54, 1.807) is 7.05 Å². The number of hydrogen-bond donors (Lipinski definition) is 0. The third-order valence-corrected chi connectivity index (χ3v) is 4.44. The van der Waals surface area contributed by atoms with Crippen molar-refractivity contribution in [2.75, 3.05) is 5.33 Å². The van der Waals surface area contributed by atoms with Crippen molar-refractivity contribution in [1.29, 1.82) is 0 Å². The van der Waals surface area contributed by atoms with E-state index < -0.39 is 0 Å². The predicted octanol–water partition coefficient (Wildman–Crippen LogP) is 2.50. The van der Waals surface area contributed by atoms with E-state index in [0.717, 1.165) is 24.0 Å². The first-order valence-electron chi connectivity index (χ1n) is 6.04. The van der Waals surface area contributed by atoms with Crippen LogP contribution in [0.1, 0.15) is 24.7 Å². The minimum Gasteiger partial charge on any atom is -0.167 e. The molecule has 0 aliphatic heterocycles. The first-order valence-corrected chi connectivity index (χ1v) is 7.17.